The molecule has 0 N–H and O–H groups in total. The third-order valence-corrected chi connectivity index (χ3v) is 5.49. The summed E-state index contributed by atoms with van der Waals surface area (Å²) in [6.07, 6.45) is 3.72. The molecule has 0 aliphatic rings. The number of nitrogens with zero attached hydrogens (tertiary/aromatic N) is 5. The van der Waals surface area contributed by atoms with Crippen LogP contribution in [-0.4, -0.2) is 24.7 Å². The van der Waals surface area contributed by atoms with Crippen molar-refractivity contribution in [1.82, 2.24) is 24.7 Å². The van der Waals surface area contributed by atoms with Gasteiger partial charge in [0.05, 0.1) is 10.3 Å². The fourth-order valence-electron chi connectivity index (χ4n) is 2.69. The Hall–Kier alpha value is -2.31. The van der Waals surface area contributed by atoms with Crippen LogP contribution >= 0.6 is 22.9 Å². The molecule has 0 unspecified atom stereocenters. The molecule has 0 aliphatic heterocycles. The van der Waals surface area contributed by atoms with E-state index in [0.29, 0.717) is 22.7 Å². The van der Waals surface area contributed by atoms with Crippen molar-refractivity contribution in [2.75, 3.05) is 0 Å². The van der Waals surface area contributed by atoms with Crippen molar-refractivity contribution in [1.29, 1.82) is 0 Å². The summed E-state index contributed by atoms with van der Waals surface area (Å²) in [4.78, 5) is 15.4. The molecule has 4 rings (SSSR count). The van der Waals surface area contributed by atoms with Crippen LogP contribution in [0.3, 0.4) is 0 Å². The lowest BCUT2D eigenvalue weighted by Crippen LogP contribution is -2.00. The van der Waals surface area contributed by atoms with Crippen LogP contribution < -0.4 is 0 Å². The van der Waals surface area contributed by atoms with Gasteiger partial charge in [0.25, 0.3) is 0 Å². The standard InChI is InChI=1S/C18H16ClN5S.C2H6/c1-10(2)24-9-7-12(23-24)15-11(3)14-16(19)21-17(22-18(14)25-15)13-6-4-5-8-20-13;1-2/h4-10H,1-3H3;1-2H3. The number of hydrogen-bond donors (Lipinski definition) is 0. The number of halogens is 1. The van der Waals surface area contributed by atoms with Crippen molar-refractivity contribution < 1.29 is 0 Å². The number of pyridine rings is 1. The van der Waals surface area contributed by atoms with Gasteiger partial charge in [-0.2, -0.15) is 5.10 Å². The van der Waals surface area contributed by atoms with Gasteiger partial charge in [0.1, 0.15) is 21.4 Å². The molecular formula is C20H22ClN5S. The number of aryl methyl sites for hydroxylation is 1. The van der Waals surface area contributed by atoms with Crippen molar-refractivity contribution in [2.45, 2.75) is 40.7 Å². The Bertz CT molecular complexity index is 1050. The minimum absolute atomic E-state index is 0.322. The molecule has 0 saturated heterocycles. The zero-order chi connectivity index (χ0) is 19.6. The third-order valence-electron chi connectivity index (χ3n) is 4.01. The molecule has 27 heavy (non-hydrogen) atoms. The summed E-state index contributed by atoms with van der Waals surface area (Å²) < 4.78 is 1.95. The van der Waals surface area contributed by atoms with E-state index in [9.17, 15) is 0 Å². The summed E-state index contributed by atoms with van der Waals surface area (Å²) in [7, 11) is 0. The molecule has 0 aromatic carbocycles. The van der Waals surface area contributed by atoms with E-state index < -0.39 is 0 Å². The second kappa shape index (κ2) is 8.15. The molecule has 0 aliphatic carbocycles. The summed E-state index contributed by atoms with van der Waals surface area (Å²) >= 11 is 8.06. The van der Waals surface area contributed by atoms with Crippen LogP contribution in [0.5, 0.6) is 0 Å². The van der Waals surface area contributed by atoms with Gasteiger partial charge >= 0.3 is 0 Å². The first-order chi connectivity index (χ1) is 13.0. The van der Waals surface area contributed by atoms with Crippen LogP contribution in [0.25, 0.3) is 32.3 Å². The van der Waals surface area contributed by atoms with Gasteiger partial charge in [-0.15, -0.1) is 11.3 Å². The average molecular weight is 400 g/mol. The maximum atomic E-state index is 6.48. The Morgan fingerprint density at radius 2 is 1.85 bits per heavy atom. The lowest BCUT2D eigenvalue weighted by atomic mass is 10.2. The first-order valence-electron chi connectivity index (χ1n) is 8.98. The molecule has 7 heteroatoms. The first kappa shape index (κ1) is 19.5. The molecule has 0 saturated carbocycles. The van der Waals surface area contributed by atoms with Crippen LogP contribution in [-0.2, 0) is 0 Å². The van der Waals surface area contributed by atoms with Crippen molar-refractivity contribution >= 4 is 33.2 Å². The Labute approximate surface area is 168 Å². The molecule has 5 nitrogen and oxygen atoms in total. The molecule has 4 heterocycles. The molecule has 0 amide bonds. The summed E-state index contributed by atoms with van der Waals surface area (Å²) in [6, 6.07) is 8.00. The molecule has 0 bridgehead atoms. The van der Waals surface area contributed by atoms with E-state index in [2.05, 4.69) is 33.9 Å². The second-order valence-electron chi connectivity index (χ2n) is 6.06. The smallest absolute Gasteiger partial charge is 0.180 e. The second-order valence-corrected chi connectivity index (χ2v) is 7.42. The van der Waals surface area contributed by atoms with Crippen molar-refractivity contribution in [3.63, 3.8) is 0 Å². The molecule has 0 spiro atoms. The van der Waals surface area contributed by atoms with Gasteiger partial charge in [-0.05, 0) is 44.5 Å². The van der Waals surface area contributed by atoms with Crippen LogP contribution in [0, 0.1) is 6.92 Å². The predicted molar refractivity (Wildman–Crippen MR) is 113 cm³/mol. The highest BCUT2D eigenvalue weighted by Gasteiger charge is 2.19. The lowest BCUT2D eigenvalue weighted by molar-refractivity contribution is 0.534. The molecule has 0 atom stereocenters. The average Bonchev–Trinajstić information content (AvgIpc) is 3.29. The Balaban J connectivity index is 0.00000102. The highest BCUT2D eigenvalue weighted by Crippen LogP contribution is 2.39. The lowest BCUT2D eigenvalue weighted by Gasteiger charge is -2.03. The third kappa shape index (κ3) is 3.73. The van der Waals surface area contributed by atoms with E-state index in [4.69, 9.17) is 11.6 Å². The molecule has 0 radical (unpaired) electrons. The number of hydrogen-bond acceptors (Lipinski definition) is 5. The van der Waals surface area contributed by atoms with E-state index in [1.807, 2.05) is 55.9 Å². The summed E-state index contributed by atoms with van der Waals surface area (Å²) in [5, 5.41) is 6.01. The largest absolute Gasteiger partial charge is 0.270 e. The van der Waals surface area contributed by atoms with Crippen LogP contribution in [0.2, 0.25) is 5.15 Å². The Morgan fingerprint density at radius 1 is 1.07 bits per heavy atom. The minimum atomic E-state index is 0.322. The SMILES string of the molecule is CC.Cc1c(-c2ccn(C(C)C)n2)sc2nc(-c3ccccn3)nc(Cl)c12. The normalized spacial score (nSPS) is 10.9. The van der Waals surface area contributed by atoms with E-state index in [1.54, 1.807) is 17.5 Å². The van der Waals surface area contributed by atoms with Crippen LogP contribution in [0.4, 0.5) is 0 Å². The first-order valence-corrected chi connectivity index (χ1v) is 10.2. The van der Waals surface area contributed by atoms with Crippen LogP contribution in [0.15, 0.2) is 36.7 Å². The van der Waals surface area contributed by atoms with Gasteiger partial charge in [0.15, 0.2) is 5.82 Å². The number of fused-ring (bicyclic) bond motifs is 1. The zero-order valence-corrected chi connectivity index (χ0v) is 17.6. The summed E-state index contributed by atoms with van der Waals surface area (Å²) in [5.74, 6) is 0.540. The fourth-order valence-corrected chi connectivity index (χ4v) is 4.20. The zero-order valence-electron chi connectivity index (χ0n) is 16.1. The number of aromatic nitrogens is 5. The van der Waals surface area contributed by atoms with Crippen molar-refractivity contribution in [2.24, 2.45) is 0 Å². The van der Waals surface area contributed by atoms with Crippen molar-refractivity contribution in [3.8, 4) is 22.1 Å². The minimum Gasteiger partial charge on any atom is -0.270 e. The van der Waals surface area contributed by atoms with Gasteiger partial charge < -0.3 is 0 Å². The highest BCUT2D eigenvalue weighted by atomic mass is 35.5. The topological polar surface area (TPSA) is 56.5 Å². The van der Waals surface area contributed by atoms with E-state index in [1.165, 1.54) is 0 Å². The maximum absolute atomic E-state index is 6.48. The fraction of sp³-hybridized carbons (Fsp3) is 0.300. The van der Waals surface area contributed by atoms with Gasteiger partial charge in [-0.1, -0.05) is 31.5 Å². The van der Waals surface area contributed by atoms with Crippen LogP contribution in [0.1, 0.15) is 39.3 Å². The van der Waals surface area contributed by atoms with Crippen molar-refractivity contribution in [3.05, 3.63) is 47.4 Å². The molecular weight excluding hydrogens is 378 g/mol. The molecule has 140 valence electrons. The van der Waals surface area contributed by atoms with Gasteiger partial charge in [0, 0.05) is 18.4 Å². The van der Waals surface area contributed by atoms with Gasteiger partial charge in [-0.25, -0.2) is 9.97 Å². The van der Waals surface area contributed by atoms with Gasteiger partial charge in [-0.3, -0.25) is 9.67 Å². The number of rotatable bonds is 3. The van der Waals surface area contributed by atoms with E-state index in [0.717, 1.165) is 26.4 Å². The van der Waals surface area contributed by atoms with E-state index in [-0.39, 0.29) is 0 Å². The monoisotopic (exact) mass is 399 g/mol. The van der Waals surface area contributed by atoms with Gasteiger partial charge in [0.2, 0.25) is 0 Å². The Kier molecular flexibility index (Phi) is 5.87. The van der Waals surface area contributed by atoms with E-state index >= 15 is 0 Å². The predicted octanol–water partition coefficient (Wildman–Crippen LogP) is 6.19. The summed E-state index contributed by atoms with van der Waals surface area (Å²) in [5.41, 5.74) is 2.71. The maximum Gasteiger partial charge on any atom is 0.180 e. The quantitative estimate of drug-likeness (QED) is 0.385. The summed E-state index contributed by atoms with van der Waals surface area (Å²) in [6.45, 7) is 10.3. The molecule has 0 fully saturated rings. The highest BCUT2D eigenvalue weighted by molar-refractivity contribution is 7.22. The molecule has 4 aromatic rings. The Morgan fingerprint density at radius 3 is 2.48 bits per heavy atom. The molecule has 4 aromatic heterocycles. The number of thiophene rings is 1.